The van der Waals surface area contributed by atoms with Crippen molar-refractivity contribution in [1.29, 1.82) is 0 Å². The Balaban J connectivity index is 2.44. The maximum atomic E-state index is 12.2. The van der Waals surface area contributed by atoms with Gasteiger partial charge in [-0.3, -0.25) is 0 Å². The van der Waals surface area contributed by atoms with E-state index in [1.807, 2.05) is 23.9 Å². The fraction of sp³-hybridized carbons (Fsp3) is 0.538. The fourth-order valence-corrected chi connectivity index (χ4v) is 2.87. The summed E-state index contributed by atoms with van der Waals surface area (Å²) in [5.74, 6) is 1.32. The van der Waals surface area contributed by atoms with Gasteiger partial charge in [0.1, 0.15) is 0 Å². The van der Waals surface area contributed by atoms with E-state index in [2.05, 4.69) is 12.2 Å². The van der Waals surface area contributed by atoms with Crippen molar-refractivity contribution in [3.63, 3.8) is 0 Å². The molecule has 0 aromatic heterocycles. The van der Waals surface area contributed by atoms with Crippen LogP contribution in [0, 0.1) is 0 Å². The van der Waals surface area contributed by atoms with Crippen molar-refractivity contribution in [2.45, 2.75) is 24.4 Å². The molecule has 0 aliphatic rings. The van der Waals surface area contributed by atoms with Gasteiger partial charge in [0.2, 0.25) is 0 Å². The highest BCUT2D eigenvalue weighted by atomic mass is 32.2. The Morgan fingerprint density at radius 1 is 1.21 bits per heavy atom. The van der Waals surface area contributed by atoms with Crippen LogP contribution in [-0.4, -0.2) is 30.0 Å². The van der Waals surface area contributed by atoms with Crippen molar-refractivity contribution in [3.05, 3.63) is 24.3 Å². The van der Waals surface area contributed by atoms with Crippen LogP contribution in [0.4, 0.5) is 18.9 Å². The predicted octanol–water partition coefficient (Wildman–Crippen LogP) is 4.90. The monoisotopic (exact) mass is 309 g/mol. The molecule has 0 amide bonds. The lowest BCUT2D eigenvalue weighted by Gasteiger charge is -2.12. The molecule has 1 N–H and O–H groups in total. The van der Waals surface area contributed by atoms with Crippen molar-refractivity contribution in [3.8, 4) is 0 Å². The molecule has 0 atom stereocenters. The molecule has 0 radical (unpaired) electrons. The van der Waals surface area contributed by atoms with E-state index in [0.717, 1.165) is 41.9 Å². The summed E-state index contributed by atoms with van der Waals surface area (Å²) in [6, 6.07) is 7.14. The molecule has 0 bridgehead atoms. The quantitative estimate of drug-likeness (QED) is 0.542. The maximum Gasteiger partial charge on any atom is 0.398 e. The van der Waals surface area contributed by atoms with Crippen LogP contribution in [0.3, 0.4) is 0 Å². The number of para-hydroxylation sites is 1. The van der Waals surface area contributed by atoms with Gasteiger partial charge in [0.15, 0.2) is 0 Å². The van der Waals surface area contributed by atoms with E-state index in [9.17, 15) is 13.2 Å². The normalized spacial score (nSPS) is 11.6. The number of rotatable bonds is 8. The summed E-state index contributed by atoms with van der Waals surface area (Å²) in [6.07, 6.45) is -3.12. The SMILES string of the molecule is CCSCCCNc1ccccc1SCC(F)(F)F. The van der Waals surface area contributed by atoms with Crippen molar-refractivity contribution in [2.24, 2.45) is 0 Å². The van der Waals surface area contributed by atoms with E-state index in [-0.39, 0.29) is 0 Å². The average molecular weight is 309 g/mol. The third-order valence-corrected chi connectivity index (χ3v) is 4.39. The Hall–Kier alpha value is -0.490. The molecule has 0 unspecified atom stereocenters. The zero-order chi connectivity index (χ0) is 14.1. The van der Waals surface area contributed by atoms with Crippen molar-refractivity contribution in [1.82, 2.24) is 0 Å². The Kier molecular flexibility index (Phi) is 7.53. The van der Waals surface area contributed by atoms with Crippen molar-refractivity contribution < 1.29 is 13.2 Å². The molecule has 1 nitrogen and oxygen atoms in total. The van der Waals surface area contributed by atoms with E-state index in [1.54, 1.807) is 12.1 Å². The van der Waals surface area contributed by atoms with E-state index >= 15 is 0 Å². The molecule has 0 aliphatic carbocycles. The molecule has 0 aliphatic heterocycles. The van der Waals surface area contributed by atoms with Gasteiger partial charge in [-0.15, -0.1) is 11.8 Å². The Bertz CT molecular complexity index is 369. The first-order valence-corrected chi connectivity index (χ1v) is 8.27. The molecule has 0 saturated carbocycles. The highest BCUT2D eigenvalue weighted by Crippen LogP contribution is 2.31. The first-order chi connectivity index (χ1) is 9.03. The highest BCUT2D eigenvalue weighted by Gasteiger charge is 2.27. The number of halogens is 3. The smallest absolute Gasteiger partial charge is 0.384 e. The Labute approximate surface area is 120 Å². The molecule has 1 aromatic rings. The van der Waals surface area contributed by atoms with Crippen LogP contribution in [0.25, 0.3) is 0 Å². The molecule has 0 heterocycles. The largest absolute Gasteiger partial charge is 0.398 e. The number of nitrogens with one attached hydrogen (secondary N) is 1. The lowest BCUT2D eigenvalue weighted by molar-refractivity contribution is -0.105. The molecular formula is C13H18F3NS2. The third-order valence-electron chi connectivity index (χ3n) is 2.26. The first kappa shape index (κ1) is 16.6. The van der Waals surface area contributed by atoms with Gasteiger partial charge in [0, 0.05) is 17.1 Å². The average Bonchev–Trinajstić information content (AvgIpc) is 2.36. The minimum absolute atomic E-state index is 0.656. The number of benzene rings is 1. The molecule has 0 saturated heterocycles. The van der Waals surface area contributed by atoms with Crippen LogP contribution in [0.15, 0.2) is 29.2 Å². The standard InChI is InChI=1S/C13H18F3NS2/c1-2-18-9-5-8-17-11-6-3-4-7-12(11)19-10-13(14,15)16/h3-4,6-7,17H,2,5,8-10H2,1H3. The molecule has 0 fully saturated rings. The Morgan fingerprint density at radius 3 is 2.63 bits per heavy atom. The molecule has 1 aromatic carbocycles. The van der Waals surface area contributed by atoms with Crippen LogP contribution in [-0.2, 0) is 0 Å². The topological polar surface area (TPSA) is 12.0 Å². The van der Waals surface area contributed by atoms with Crippen molar-refractivity contribution in [2.75, 3.05) is 29.1 Å². The Morgan fingerprint density at radius 2 is 1.95 bits per heavy atom. The van der Waals surface area contributed by atoms with E-state index in [1.165, 1.54) is 0 Å². The molecular weight excluding hydrogens is 291 g/mol. The second-order valence-corrected chi connectivity index (χ2v) is 6.29. The molecule has 6 heteroatoms. The van der Waals surface area contributed by atoms with E-state index < -0.39 is 11.9 Å². The molecule has 1 rings (SSSR count). The van der Waals surface area contributed by atoms with Crippen LogP contribution >= 0.6 is 23.5 Å². The van der Waals surface area contributed by atoms with Gasteiger partial charge >= 0.3 is 6.18 Å². The number of hydrogen-bond acceptors (Lipinski definition) is 3. The van der Waals surface area contributed by atoms with Gasteiger partial charge in [-0.25, -0.2) is 0 Å². The van der Waals surface area contributed by atoms with Crippen LogP contribution in [0.1, 0.15) is 13.3 Å². The molecule has 19 heavy (non-hydrogen) atoms. The zero-order valence-corrected chi connectivity index (χ0v) is 12.4. The molecule has 0 spiro atoms. The highest BCUT2D eigenvalue weighted by molar-refractivity contribution is 7.99. The van der Waals surface area contributed by atoms with E-state index in [0.29, 0.717) is 4.90 Å². The zero-order valence-electron chi connectivity index (χ0n) is 10.8. The number of thioether (sulfide) groups is 2. The summed E-state index contributed by atoms with van der Waals surface area (Å²) in [6.45, 7) is 2.90. The summed E-state index contributed by atoms with van der Waals surface area (Å²) in [5.41, 5.74) is 0.790. The van der Waals surface area contributed by atoms with Gasteiger partial charge in [-0.05, 0) is 30.1 Å². The van der Waals surface area contributed by atoms with Gasteiger partial charge in [-0.2, -0.15) is 24.9 Å². The second-order valence-electron chi connectivity index (χ2n) is 3.88. The predicted molar refractivity (Wildman–Crippen MR) is 79.3 cm³/mol. The van der Waals surface area contributed by atoms with E-state index in [4.69, 9.17) is 0 Å². The van der Waals surface area contributed by atoms with Crippen LogP contribution in [0.2, 0.25) is 0 Å². The van der Waals surface area contributed by atoms with Crippen molar-refractivity contribution >= 4 is 29.2 Å². The summed E-state index contributed by atoms with van der Waals surface area (Å²) in [7, 11) is 0. The molecule has 108 valence electrons. The number of alkyl halides is 3. The van der Waals surface area contributed by atoms with Crippen LogP contribution in [0.5, 0.6) is 0 Å². The van der Waals surface area contributed by atoms with Gasteiger partial charge in [0.25, 0.3) is 0 Å². The van der Waals surface area contributed by atoms with Gasteiger partial charge in [-0.1, -0.05) is 19.1 Å². The maximum absolute atomic E-state index is 12.2. The first-order valence-electron chi connectivity index (χ1n) is 6.13. The van der Waals surface area contributed by atoms with Gasteiger partial charge < -0.3 is 5.32 Å². The number of hydrogen-bond donors (Lipinski definition) is 1. The number of anilines is 1. The van der Waals surface area contributed by atoms with Crippen LogP contribution < -0.4 is 5.32 Å². The minimum Gasteiger partial charge on any atom is -0.384 e. The third kappa shape index (κ3) is 7.62. The fourth-order valence-electron chi connectivity index (χ4n) is 1.44. The summed E-state index contributed by atoms with van der Waals surface area (Å²) in [4.78, 5) is 0.656. The summed E-state index contributed by atoms with van der Waals surface area (Å²) >= 11 is 2.70. The lowest BCUT2D eigenvalue weighted by atomic mass is 10.3. The minimum atomic E-state index is -4.13. The van der Waals surface area contributed by atoms with Gasteiger partial charge in [0.05, 0.1) is 5.75 Å². The summed E-state index contributed by atoms with van der Waals surface area (Å²) < 4.78 is 36.7. The second kappa shape index (κ2) is 8.64. The lowest BCUT2D eigenvalue weighted by Crippen LogP contribution is -2.11. The summed E-state index contributed by atoms with van der Waals surface area (Å²) in [5, 5.41) is 3.21.